The fourth-order valence-electron chi connectivity index (χ4n) is 1.55. The molecule has 0 bridgehead atoms. The van der Waals surface area contributed by atoms with Gasteiger partial charge in [0.1, 0.15) is 0 Å². The Kier molecular flexibility index (Phi) is 4.95. The van der Waals surface area contributed by atoms with Crippen LogP contribution in [-0.4, -0.2) is 13.1 Å². The molecule has 0 N–H and O–H groups in total. The van der Waals surface area contributed by atoms with Gasteiger partial charge in [0.2, 0.25) is 0 Å². The van der Waals surface area contributed by atoms with Crippen LogP contribution in [0.2, 0.25) is 0 Å². The SMILES string of the molecule is CCC(C)C(C(=O)OC)C(C)C. The summed E-state index contributed by atoms with van der Waals surface area (Å²) in [5, 5.41) is 0. The first kappa shape index (κ1) is 11.5. The average Bonchev–Trinajstić information content (AvgIpc) is 2.03. The van der Waals surface area contributed by atoms with Crippen molar-refractivity contribution in [2.75, 3.05) is 7.11 Å². The van der Waals surface area contributed by atoms with Gasteiger partial charge in [-0.2, -0.15) is 0 Å². The summed E-state index contributed by atoms with van der Waals surface area (Å²) >= 11 is 0. The largest absolute Gasteiger partial charge is 0.469 e. The van der Waals surface area contributed by atoms with E-state index in [0.29, 0.717) is 11.8 Å². The third-order valence-corrected chi connectivity index (χ3v) is 2.45. The van der Waals surface area contributed by atoms with E-state index in [1.807, 2.05) is 0 Å². The van der Waals surface area contributed by atoms with Crippen LogP contribution in [0.5, 0.6) is 0 Å². The van der Waals surface area contributed by atoms with Crippen LogP contribution in [0.1, 0.15) is 34.1 Å². The normalized spacial score (nSPS) is 15.8. The van der Waals surface area contributed by atoms with Crippen LogP contribution in [0.4, 0.5) is 0 Å². The maximum atomic E-state index is 11.3. The van der Waals surface area contributed by atoms with Gasteiger partial charge in [-0.15, -0.1) is 0 Å². The van der Waals surface area contributed by atoms with Crippen LogP contribution in [0, 0.1) is 17.8 Å². The predicted octanol–water partition coefficient (Wildman–Crippen LogP) is 2.48. The number of rotatable bonds is 4. The summed E-state index contributed by atoms with van der Waals surface area (Å²) in [6.07, 6.45) is 1.03. The summed E-state index contributed by atoms with van der Waals surface area (Å²) in [5.41, 5.74) is 0. The second kappa shape index (κ2) is 5.18. The summed E-state index contributed by atoms with van der Waals surface area (Å²) in [6.45, 7) is 8.33. The lowest BCUT2D eigenvalue weighted by atomic mass is 9.83. The lowest BCUT2D eigenvalue weighted by molar-refractivity contribution is -0.149. The second-order valence-corrected chi connectivity index (χ2v) is 3.68. The summed E-state index contributed by atoms with van der Waals surface area (Å²) in [7, 11) is 1.46. The Bertz CT molecular complexity index is 141. The molecule has 0 aliphatic rings. The monoisotopic (exact) mass is 172 g/mol. The molecule has 0 saturated carbocycles. The highest BCUT2D eigenvalue weighted by atomic mass is 16.5. The van der Waals surface area contributed by atoms with Crippen LogP contribution in [0.15, 0.2) is 0 Å². The Balaban J connectivity index is 4.32. The number of esters is 1. The topological polar surface area (TPSA) is 26.3 Å². The van der Waals surface area contributed by atoms with Gasteiger partial charge in [0.05, 0.1) is 13.0 Å². The minimum absolute atomic E-state index is 0.0556. The molecule has 0 aliphatic carbocycles. The molecule has 0 radical (unpaired) electrons. The number of hydrogen-bond donors (Lipinski definition) is 0. The van der Waals surface area contributed by atoms with Gasteiger partial charge in [-0.25, -0.2) is 0 Å². The third kappa shape index (κ3) is 2.84. The molecule has 72 valence electrons. The Morgan fingerprint density at radius 2 is 1.83 bits per heavy atom. The van der Waals surface area contributed by atoms with Gasteiger partial charge in [-0.3, -0.25) is 4.79 Å². The summed E-state index contributed by atoms with van der Waals surface area (Å²) in [4.78, 5) is 11.3. The van der Waals surface area contributed by atoms with Crippen LogP contribution >= 0.6 is 0 Å². The van der Waals surface area contributed by atoms with E-state index in [1.165, 1.54) is 7.11 Å². The van der Waals surface area contributed by atoms with Gasteiger partial charge in [-0.05, 0) is 11.8 Å². The van der Waals surface area contributed by atoms with Gasteiger partial charge in [0.25, 0.3) is 0 Å². The van der Waals surface area contributed by atoms with E-state index in [4.69, 9.17) is 4.74 Å². The molecular weight excluding hydrogens is 152 g/mol. The molecule has 0 aromatic rings. The lowest BCUT2D eigenvalue weighted by Crippen LogP contribution is -2.27. The van der Waals surface area contributed by atoms with Crippen LogP contribution in [0.25, 0.3) is 0 Å². The smallest absolute Gasteiger partial charge is 0.309 e. The molecule has 0 aromatic carbocycles. The first-order chi connectivity index (χ1) is 5.54. The summed E-state index contributed by atoms with van der Waals surface area (Å²) in [5.74, 6) is 0.768. The lowest BCUT2D eigenvalue weighted by Gasteiger charge is -2.23. The molecule has 2 heteroatoms. The molecule has 0 spiro atoms. The van der Waals surface area contributed by atoms with Gasteiger partial charge in [0, 0.05) is 0 Å². The highest BCUT2D eigenvalue weighted by molar-refractivity contribution is 5.72. The minimum Gasteiger partial charge on any atom is -0.469 e. The van der Waals surface area contributed by atoms with E-state index in [0.717, 1.165) is 6.42 Å². The molecule has 12 heavy (non-hydrogen) atoms. The van der Waals surface area contributed by atoms with Crippen molar-refractivity contribution < 1.29 is 9.53 Å². The van der Waals surface area contributed by atoms with Crippen molar-refractivity contribution in [2.24, 2.45) is 17.8 Å². The van der Waals surface area contributed by atoms with Crippen LogP contribution in [-0.2, 0) is 9.53 Å². The zero-order valence-electron chi connectivity index (χ0n) is 8.76. The van der Waals surface area contributed by atoms with Crippen molar-refractivity contribution in [1.82, 2.24) is 0 Å². The van der Waals surface area contributed by atoms with Crippen molar-refractivity contribution in [3.63, 3.8) is 0 Å². The Morgan fingerprint density at radius 3 is 2.08 bits per heavy atom. The Labute approximate surface area is 75.3 Å². The molecule has 0 amide bonds. The van der Waals surface area contributed by atoms with Crippen LogP contribution in [0.3, 0.4) is 0 Å². The van der Waals surface area contributed by atoms with E-state index < -0.39 is 0 Å². The molecule has 2 nitrogen and oxygen atoms in total. The van der Waals surface area contributed by atoms with Gasteiger partial charge in [0.15, 0.2) is 0 Å². The number of ether oxygens (including phenoxy) is 1. The molecule has 0 fully saturated rings. The van der Waals surface area contributed by atoms with Crippen LogP contribution < -0.4 is 0 Å². The highest BCUT2D eigenvalue weighted by Crippen LogP contribution is 2.24. The zero-order chi connectivity index (χ0) is 9.72. The van der Waals surface area contributed by atoms with E-state index in [-0.39, 0.29) is 11.9 Å². The number of carbonyl (C=O) groups is 1. The summed E-state index contributed by atoms with van der Waals surface area (Å²) in [6, 6.07) is 0. The number of methoxy groups -OCH3 is 1. The van der Waals surface area contributed by atoms with Crippen molar-refractivity contribution in [3.8, 4) is 0 Å². The second-order valence-electron chi connectivity index (χ2n) is 3.68. The van der Waals surface area contributed by atoms with Crippen molar-refractivity contribution in [3.05, 3.63) is 0 Å². The van der Waals surface area contributed by atoms with E-state index in [9.17, 15) is 4.79 Å². The van der Waals surface area contributed by atoms with Crippen molar-refractivity contribution in [1.29, 1.82) is 0 Å². The first-order valence-corrected chi connectivity index (χ1v) is 4.62. The summed E-state index contributed by atoms with van der Waals surface area (Å²) < 4.78 is 4.76. The number of carbonyl (C=O) groups excluding carboxylic acids is 1. The fourth-order valence-corrected chi connectivity index (χ4v) is 1.55. The Morgan fingerprint density at radius 1 is 1.33 bits per heavy atom. The maximum absolute atomic E-state index is 11.3. The molecular formula is C10H20O2. The van der Waals surface area contributed by atoms with E-state index >= 15 is 0 Å². The van der Waals surface area contributed by atoms with Gasteiger partial charge >= 0.3 is 5.97 Å². The Hall–Kier alpha value is -0.530. The van der Waals surface area contributed by atoms with Gasteiger partial charge < -0.3 is 4.74 Å². The predicted molar refractivity (Wildman–Crippen MR) is 49.8 cm³/mol. The first-order valence-electron chi connectivity index (χ1n) is 4.62. The molecule has 0 rings (SSSR count). The fraction of sp³-hybridized carbons (Fsp3) is 0.900. The maximum Gasteiger partial charge on any atom is 0.309 e. The zero-order valence-corrected chi connectivity index (χ0v) is 8.76. The molecule has 0 saturated heterocycles. The quantitative estimate of drug-likeness (QED) is 0.609. The number of hydrogen-bond acceptors (Lipinski definition) is 2. The van der Waals surface area contributed by atoms with E-state index in [2.05, 4.69) is 27.7 Å². The highest BCUT2D eigenvalue weighted by Gasteiger charge is 2.27. The third-order valence-electron chi connectivity index (χ3n) is 2.45. The van der Waals surface area contributed by atoms with Crippen molar-refractivity contribution in [2.45, 2.75) is 34.1 Å². The molecule has 2 unspecified atom stereocenters. The molecule has 2 atom stereocenters. The standard InChI is InChI=1S/C10H20O2/c1-6-8(4)9(7(2)3)10(11)12-5/h7-9H,6H2,1-5H3. The minimum atomic E-state index is -0.0700. The van der Waals surface area contributed by atoms with Gasteiger partial charge in [-0.1, -0.05) is 34.1 Å². The molecule has 0 aromatic heterocycles. The van der Waals surface area contributed by atoms with Crippen molar-refractivity contribution >= 4 is 5.97 Å². The average molecular weight is 172 g/mol. The van der Waals surface area contributed by atoms with E-state index in [1.54, 1.807) is 0 Å². The molecule has 0 heterocycles. The molecule has 0 aliphatic heterocycles.